The molecule has 0 radical (unpaired) electrons. The highest BCUT2D eigenvalue weighted by atomic mass is 16.5. The Morgan fingerprint density at radius 3 is 2.52 bits per heavy atom. The minimum absolute atomic E-state index is 0.0129. The highest BCUT2D eigenvalue weighted by molar-refractivity contribution is 5.92. The summed E-state index contributed by atoms with van der Waals surface area (Å²) in [6.45, 7) is 3.95. The fourth-order valence-electron chi connectivity index (χ4n) is 6.38. The van der Waals surface area contributed by atoms with E-state index in [0.717, 1.165) is 32.1 Å². The largest absolute Gasteiger partial charge is 0.351 e. The number of fused-ring (bicyclic) bond motifs is 1. The Labute approximate surface area is 170 Å². The second kappa shape index (κ2) is 6.71. The third-order valence-corrected chi connectivity index (χ3v) is 7.49. The third kappa shape index (κ3) is 2.72. The van der Waals surface area contributed by atoms with Gasteiger partial charge in [0.2, 0.25) is 11.7 Å². The van der Waals surface area contributed by atoms with Gasteiger partial charge in [0, 0.05) is 30.5 Å². The minimum Gasteiger partial charge on any atom is -0.351 e. The summed E-state index contributed by atoms with van der Waals surface area (Å²) in [5.74, 6) is 0.308. The van der Waals surface area contributed by atoms with Gasteiger partial charge in [-0.3, -0.25) is 9.59 Å². The van der Waals surface area contributed by atoms with Crippen LogP contribution in [0.15, 0.2) is 47.1 Å². The summed E-state index contributed by atoms with van der Waals surface area (Å²) in [4.78, 5) is 30.5. The molecule has 2 bridgehead atoms. The molecular formula is C23H27N3O3. The first-order valence-corrected chi connectivity index (χ1v) is 10.6. The quantitative estimate of drug-likeness (QED) is 0.803. The van der Waals surface area contributed by atoms with Gasteiger partial charge >= 0.3 is 0 Å². The van der Waals surface area contributed by atoms with E-state index in [0.29, 0.717) is 0 Å². The Morgan fingerprint density at radius 2 is 1.86 bits per heavy atom. The predicted molar refractivity (Wildman–Crippen MR) is 107 cm³/mol. The van der Waals surface area contributed by atoms with Crippen molar-refractivity contribution in [1.29, 1.82) is 0 Å². The Morgan fingerprint density at radius 1 is 1.14 bits per heavy atom. The molecule has 3 fully saturated rings. The van der Waals surface area contributed by atoms with E-state index in [1.54, 1.807) is 13.0 Å². The van der Waals surface area contributed by atoms with Crippen molar-refractivity contribution < 1.29 is 14.1 Å². The van der Waals surface area contributed by atoms with E-state index in [9.17, 15) is 9.59 Å². The van der Waals surface area contributed by atoms with Crippen molar-refractivity contribution in [3.8, 4) is 0 Å². The molecule has 29 heavy (non-hydrogen) atoms. The van der Waals surface area contributed by atoms with Gasteiger partial charge in [-0.05, 0) is 37.7 Å². The second-order valence-corrected chi connectivity index (χ2v) is 9.01. The van der Waals surface area contributed by atoms with E-state index < -0.39 is 0 Å². The van der Waals surface area contributed by atoms with Gasteiger partial charge in [-0.2, -0.15) is 0 Å². The Kier molecular flexibility index (Phi) is 4.26. The number of likely N-dealkylation sites (tertiary alicyclic amines) is 2. The van der Waals surface area contributed by atoms with Crippen LogP contribution in [-0.2, 0) is 11.2 Å². The van der Waals surface area contributed by atoms with Gasteiger partial charge in [0.05, 0.1) is 18.3 Å². The molecule has 5 rings (SSSR count). The first-order chi connectivity index (χ1) is 14.0. The smallest absolute Gasteiger partial charge is 0.293 e. The third-order valence-electron chi connectivity index (χ3n) is 7.49. The zero-order chi connectivity index (χ0) is 20.2. The number of piperidine rings is 1. The molecule has 1 aromatic carbocycles. The van der Waals surface area contributed by atoms with Gasteiger partial charge in [-0.1, -0.05) is 42.4 Å². The van der Waals surface area contributed by atoms with E-state index in [-0.39, 0.29) is 47.2 Å². The molecule has 3 aliphatic rings. The van der Waals surface area contributed by atoms with Crippen molar-refractivity contribution >= 4 is 11.8 Å². The highest BCUT2D eigenvalue weighted by Crippen LogP contribution is 2.56. The van der Waals surface area contributed by atoms with Crippen LogP contribution in [0.3, 0.4) is 0 Å². The van der Waals surface area contributed by atoms with Crippen LogP contribution in [0.1, 0.15) is 55.6 Å². The van der Waals surface area contributed by atoms with E-state index in [2.05, 4.69) is 29.1 Å². The summed E-state index contributed by atoms with van der Waals surface area (Å²) in [5.41, 5.74) is 1.12. The predicted octanol–water partition coefficient (Wildman–Crippen LogP) is 3.29. The van der Waals surface area contributed by atoms with Crippen LogP contribution < -0.4 is 0 Å². The minimum atomic E-state index is -0.0923. The molecule has 0 unspecified atom stereocenters. The maximum absolute atomic E-state index is 13.5. The molecule has 0 spiro atoms. The standard InChI is InChI=1S/C23H27N3O3/c1-15(27)25-17(13-16-7-4-3-5-8-16)18-14-23(2)20(25)9-6-10-21(23)26(18)22(28)19-11-12-24-29-19/h3-5,7-8,11-12,17-18,20-21H,6,9-10,13-14H2,1-2H3/t17-,18+,20-,21+,23-/m1/s1. The first kappa shape index (κ1) is 18.4. The van der Waals surface area contributed by atoms with Gasteiger partial charge in [-0.15, -0.1) is 0 Å². The number of nitrogens with zero attached hydrogens (tertiary/aromatic N) is 3. The molecule has 1 aliphatic carbocycles. The number of carbonyl (C=O) groups excluding carboxylic acids is 2. The lowest BCUT2D eigenvalue weighted by atomic mass is 9.64. The number of hydrogen-bond donors (Lipinski definition) is 0. The molecular weight excluding hydrogens is 366 g/mol. The second-order valence-electron chi connectivity index (χ2n) is 9.01. The van der Waals surface area contributed by atoms with E-state index in [1.165, 1.54) is 11.8 Å². The maximum Gasteiger partial charge on any atom is 0.293 e. The van der Waals surface area contributed by atoms with Crippen molar-refractivity contribution in [2.75, 3.05) is 0 Å². The summed E-state index contributed by atoms with van der Waals surface area (Å²) >= 11 is 0. The summed E-state index contributed by atoms with van der Waals surface area (Å²) in [7, 11) is 0. The Bertz CT molecular complexity index is 913. The number of carbonyl (C=O) groups is 2. The summed E-state index contributed by atoms with van der Waals surface area (Å²) in [5, 5.41) is 3.74. The van der Waals surface area contributed by atoms with Gasteiger partial charge in [0.1, 0.15) is 0 Å². The molecule has 1 saturated carbocycles. The number of benzene rings is 1. The van der Waals surface area contributed by atoms with E-state index in [1.807, 2.05) is 23.1 Å². The molecule has 2 amide bonds. The summed E-state index contributed by atoms with van der Waals surface area (Å²) in [6.07, 6.45) is 6.22. The average Bonchev–Trinajstić information content (AvgIpc) is 3.33. The van der Waals surface area contributed by atoms with Crippen LogP contribution in [0.4, 0.5) is 0 Å². The first-order valence-electron chi connectivity index (χ1n) is 10.6. The summed E-state index contributed by atoms with van der Waals surface area (Å²) in [6, 6.07) is 12.2. The lowest BCUT2D eigenvalue weighted by molar-refractivity contribution is -0.142. The zero-order valence-electron chi connectivity index (χ0n) is 17.0. The van der Waals surface area contributed by atoms with Gasteiger partial charge in [0.15, 0.2) is 0 Å². The number of hydrogen-bond acceptors (Lipinski definition) is 4. The molecule has 6 heteroatoms. The molecule has 1 aromatic heterocycles. The molecule has 0 N–H and O–H groups in total. The van der Waals surface area contributed by atoms with Crippen molar-refractivity contribution in [1.82, 2.24) is 15.0 Å². The van der Waals surface area contributed by atoms with E-state index >= 15 is 0 Å². The monoisotopic (exact) mass is 393 g/mol. The lowest BCUT2D eigenvalue weighted by Crippen LogP contribution is -2.62. The number of amides is 2. The van der Waals surface area contributed by atoms with Crippen molar-refractivity contribution in [3.63, 3.8) is 0 Å². The zero-order valence-corrected chi connectivity index (χ0v) is 17.0. The maximum atomic E-state index is 13.5. The lowest BCUT2D eigenvalue weighted by Gasteiger charge is -2.52. The molecule has 3 heterocycles. The van der Waals surface area contributed by atoms with Crippen LogP contribution in [-0.4, -0.2) is 50.9 Å². The van der Waals surface area contributed by atoms with Crippen LogP contribution in [0.2, 0.25) is 0 Å². The molecule has 2 saturated heterocycles. The fourth-order valence-corrected chi connectivity index (χ4v) is 6.38. The molecule has 2 aliphatic heterocycles. The van der Waals surface area contributed by atoms with Gasteiger partial charge in [0.25, 0.3) is 5.91 Å². The average molecular weight is 393 g/mol. The van der Waals surface area contributed by atoms with Crippen LogP contribution in [0.5, 0.6) is 0 Å². The van der Waals surface area contributed by atoms with E-state index in [4.69, 9.17) is 4.52 Å². The van der Waals surface area contributed by atoms with Crippen LogP contribution in [0, 0.1) is 5.41 Å². The van der Waals surface area contributed by atoms with Crippen LogP contribution in [0.25, 0.3) is 0 Å². The van der Waals surface area contributed by atoms with Gasteiger partial charge in [-0.25, -0.2) is 0 Å². The van der Waals surface area contributed by atoms with Crippen molar-refractivity contribution in [3.05, 3.63) is 53.9 Å². The van der Waals surface area contributed by atoms with Gasteiger partial charge < -0.3 is 14.3 Å². The molecule has 2 aromatic rings. The molecule has 152 valence electrons. The summed E-state index contributed by atoms with van der Waals surface area (Å²) < 4.78 is 5.23. The molecule has 6 nitrogen and oxygen atoms in total. The van der Waals surface area contributed by atoms with Crippen molar-refractivity contribution in [2.45, 2.75) is 70.1 Å². The topological polar surface area (TPSA) is 66.7 Å². The SMILES string of the molecule is CC(=O)N1[C@H](Cc2ccccc2)[C@@H]2C[C@@]3(C)[C@H](CCC[C@@H]13)N2C(=O)c1ccno1. The number of rotatable bonds is 3. The van der Waals surface area contributed by atoms with Crippen LogP contribution >= 0.6 is 0 Å². The Balaban J connectivity index is 1.59. The molecule has 5 atom stereocenters. The Hall–Kier alpha value is -2.63. The normalized spacial score (nSPS) is 33.0. The highest BCUT2D eigenvalue weighted by Gasteiger charge is 2.64. The fraction of sp³-hybridized carbons (Fsp3) is 0.522. The van der Waals surface area contributed by atoms with Crippen molar-refractivity contribution in [2.24, 2.45) is 5.41 Å². The number of aromatic nitrogens is 1.